The lowest BCUT2D eigenvalue weighted by Gasteiger charge is -2.32. The fraction of sp³-hybridized carbons (Fsp3) is 0.524. The van der Waals surface area contributed by atoms with Gasteiger partial charge in [-0.1, -0.05) is 29.3 Å². The molecule has 0 unspecified atom stereocenters. The SMILES string of the molecule is Cc1ccc(OC[C@H]2C[C@@H]2CC2CCN(c3ncc(Cl)cn3)CC2)cc1.O=S=O. The number of hydrogen-bond donors (Lipinski definition) is 0. The van der Waals surface area contributed by atoms with E-state index in [0.29, 0.717) is 5.02 Å². The van der Waals surface area contributed by atoms with Crippen LogP contribution in [0.5, 0.6) is 5.75 Å². The number of halogens is 1. The molecule has 0 N–H and O–H groups in total. The van der Waals surface area contributed by atoms with Crippen LogP contribution in [0.3, 0.4) is 0 Å². The summed E-state index contributed by atoms with van der Waals surface area (Å²) < 4.78 is 22.5. The zero-order valence-corrected chi connectivity index (χ0v) is 18.1. The Kier molecular flexibility index (Phi) is 8.00. The van der Waals surface area contributed by atoms with Gasteiger partial charge in [0, 0.05) is 13.1 Å². The number of nitrogens with zero attached hydrogens (tertiary/aromatic N) is 3. The van der Waals surface area contributed by atoms with Crippen molar-refractivity contribution < 1.29 is 13.2 Å². The number of aromatic nitrogens is 2. The van der Waals surface area contributed by atoms with Crippen molar-refractivity contribution in [1.29, 1.82) is 0 Å². The van der Waals surface area contributed by atoms with Crippen molar-refractivity contribution in [2.75, 3.05) is 24.6 Å². The van der Waals surface area contributed by atoms with Gasteiger partial charge in [0.2, 0.25) is 5.95 Å². The second-order valence-corrected chi connectivity index (χ2v) is 8.39. The van der Waals surface area contributed by atoms with E-state index in [9.17, 15) is 0 Å². The van der Waals surface area contributed by atoms with E-state index < -0.39 is 11.6 Å². The Labute approximate surface area is 180 Å². The smallest absolute Gasteiger partial charge is 0.335 e. The number of benzene rings is 1. The molecule has 2 fully saturated rings. The molecule has 156 valence electrons. The summed E-state index contributed by atoms with van der Waals surface area (Å²) >= 11 is 5.12. The summed E-state index contributed by atoms with van der Waals surface area (Å²) in [7, 11) is 0. The monoisotopic (exact) mass is 435 g/mol. The van der Waals surface area contributed by atoms with Gasteiger partial charge in [-0.05, 0) is 62.5 Å². The maximum absolute atomic E-state index is 8.29. The van der Waals surface area contributed by atoms with Gasteiger partial charge in [0.05, 0.1) is 24.0 Å². The average molecular weight is 436 g/mol. The molecule has 2 aliphatic rings. The van der Waals surface area contributed by atoms with Gasteiger partial charge in [0.25, 0.3) is 0 Å². The van der Waals surface area contributed by atoms with Crippen LogP contribution in [0.2, 0.25) is 5.02 Å². The van der Waals surface area contributed by atoms with E-state index in [-0.39, 0.29) is 0 Å². The third kappa shape index (κ3) is 6.78. The first kappa shape index (κ1) is 21.7. The lowest BCUT2D eigenvalue weighted by atomic mass is 9.91. The van der Waals surface area contributed by atoms with Crippen LogP contribution >= 0.6 is 11.6 Å². The Morgan fingerprint density at radius 3 is 2.34 bits per heavy atom. The number of ether oxygens (including phenoxy) is 1. The molecular formula is C21H26ClN3O3S. The largest absolute Gasteiger partial charge is 0.493 e. The first-order valence-electron chi connectivity index (χ1n) is 9.92. The molecule has 0 spiro atoms. The molecule has 29 heavy (non-hydrogen) atoms. The minimum absolute atomic E-state index is 0.594. The van der Waals surface area contributed by atoms with E-state index in [1.165, 1.54) is 31.2 Å². The number of piperidine rings is 1. The maximum Gasteiger partial charge on any atom is 0.335 e. The normalized spacial score (nSPS) is 21.1. The molecule has 0 bridgehead atoms. The minimum atomic E-state index is -0.750. The Morgan fingerprint density at radius 2 is 1.72 bits per heavy atom. The first-order chi connectivity index (χ1) is 14.1. The van der Waals surface area contributed by atoms with Crippen LogP contribution < -0.4 is 9.64 Å². The summed E-state index contributed by atoms with van der Waals surface area (Å²) in [6.45, 7) is 5.06. The fourth-order valence-corrected chi connectivity index (χ4v) is 4.00. The first-order valence-corrected chi connectivity index (χ1v) is 11.0. The Bertz CT molecular complexity index is 805. The molecule has 4 rings (SSSR count). The van der Waals surface area contributed by atoms with Crippen molar-refractivity contribution in [3.63, 3.8) is 0 Å². The van der Waals surface area contributed by atoms with Gasteiger partial charge in [-0.15, -0.1) is 0 Å². The number of rotatable bonds is 6. The molecule has 1 saturated carbocycles. The summed E-state index contributed by atoms with van der Waals surface area (Å²) in [6.07, 6.45) is 8.49. The lowest BCUT2D eigenvalue weighted by Crippen LogP contribution is -2.35. The summed E-state index contributed by atoms with van der Waals surface area (Å²) in [5, 5.41) is 0.594. The molecule has 2 heterocycles. The highest BCUT2D eigenvalue weighted by Crippen LogP contribution is 2.45. The highest BCUT2D eigenvalue weighted by molar-refractivity contribution is 7.51. The van der Waals surface area contributed by atoms with Crippen molar-refractivity contribution in [2.45, 2.75) is 32.6 Å². The number of aryl methyl sites for hydroxylation is 1. The third-order valence-electron chi connectivity index (χ3n) is 5.69. The summed E-state index contributed by atoms with van der Waals surface area (Å²) in [4.78, 5) is 10.9. The van der Waals surface area contributed by atoms with Crippen LogP contribution in [0.1, 0.15) is 31.2 Å². The van der Waals surface area contributed by atoms with Crippen molar-refractivity contribution in [1.82, 2.24) is 9.97 Å². The van der Waals surface area contributed by atoms with Crippen molar-refractivity contribution in [3.8, 4) is 5.75 Å². The predicted octanol–water partition coefficient (Wildman–Crippen LogP) is 4.09. The van der Waals surface area contributed by atoms with Crippen molar-refractivity contribution in [3.05, 3.63) is 47.2 Å². The topological polar surface area (TPSA) is 72.4 Å². The van der Waals surface area contributed by atoms with E-state index in [0.717, 1.165) is 49.1 Å². The maximum atomic E-state index is 8.29. The van der Waals surface area contributed by atoms with Gasteiger partial charge in [-0.3, -0.25) is 0 Å². The van der Waals surface area contributed by atoms with Gasteiger partial charge in [-0.2, -0.15) is 8.42 Å². The Balaban J connectivity index is 0.000000755. The second kappa shape index (κ2) is 10.7. The molecule has 6 nitrogen and oxygen atoms in total. The molecule has 1 aliphatic carbocycles. The molecule has 8 heteroatoms. The molecule has 0 amide bonds. The van der Waals surface area contributed by atoms with Crippen LogP contribution in [-0.2, 0) is 11.6 Å². The fourth-order valence-electron chi connectivity index (χ4n) is 3.91. The highest BCUT2D eigenvalue weighted by Gasteiger charge is 2.39. The van der Waals surface area contributed by atoms with E-state index in [1.807, 2.05) is 0 Å². The lowest BCUT2D eigenvalue weighted by molar-refractivity contribution is 0.279. The van der Waals surface area contributed by atoms with Gasteiger partial charge in [-0.25, -0.2) is 9.97 Å². The van der Waals surface area contributed by atoms with E-state index >= 15 is 0 Å². The summed E-state index contributed by atoms with van der Waals surface area (Å²) in [5.41, 5.74) is 1.27. The minimum Gasteiger partial charge on any atom is -0.493 e. The number of hydrogen-bond acceptors (Lipinski definition) is 6. The van der Waals surface area contributed by atoms with Crippen LogP contribution in [-0.4, -0.2) is 38.1 Å². The van der Waals surface area contributed by atoms with Crippen LogP contribution in [0.4, 0.5) is 5.95 Å². The molecule has 1 aliphatic heterocycles. The zero-order chi connectivity index (χ0) is 20.6. The standard InChI is InChI=1S/C21H26ClN3O.O2S/c1-15-2-4-20(5-3-15)26-14-18-11-17(18)10-16-6-8-25(9-7-16)21-23-12-19(22)13-24-21;1-3-2/h2-5,12-13,16-18H,6-11,14H2,1H3;/t17-,18+;/m0./s1. The van der Waals surface area contributed by atoms with Crippen LogP contribution in [0, 0.1) is 24.7 Å². The van der Waals surface area contributed by atoms with E-state index in [1.54, 1.807) is 12.4 Å². The second-order valence-electron chi connectivity index (χ2n) is 7.82. The average Bonchev–Trinajstić information content (AvgIpc) is 3.47. The van der Waals surface area contributed by atoms with E-state index in [4.69, 9.17) is 24.8 Å². The molecule has 0 radical (unpaired) electrons. The molecule has 2 atom stereocenters. The van der Waals surface area contributed by atoms with Gasteiger partial charge in [0.15, 0.2) is 0 Å². The molecule has 2 aromatic rings. The number of anilines is 1. The molecule has 1 aromatic heterocycles. The Hall–Kier alpha value is -1.99. The molecule has 1 aromatic carbocycles. The summed E-state index contributed by atoms with van der Waals surface area (Å²) in [5.74, 6) is 4.23. The molecule has 1 saturated heterocycles. The van der Waals surface area contributed by atoms with Crippen molar-refractivity contribution >= 4 is 29.1 Å². The zero-order valence-electron chi connectivity index (χ0n) is 16.5. The van der Waals surface area contributed by atoms with Gasteiger partial charge < -0.3 is 9.64 Å². The quantitative estimate of drug-likeness (QED) is 0.680. The van der Waals surface area contributed by atoms with E-state index in [2.05, 4.69) is 46.1 Å². The van der Waals surface area contributed by atoms with Crippen molar-refractivity contribution in [2.24, 2.45) is 17.8 Å². The third-order valence-corrected chi connectivity index (χ3v) is 5.89. The Morgan fingerprint density at radius 1 is 1.10 bits per heavy atom. The van der Waals surface area contributed by atoms with Gasteiger partial charge in [0.1, 0.15) is 5.75 Å². The highest BCUT2D eigenvalue weighted by atomic mass is 35.5. The van der Waals surface area contributed by atoms with Crippen LogP contribution in [0.15, 0.2) is 36.7 Å². The van der Waals surface area contributed by atoms with Crippen LogP contribution in [0.25, 0.3) is 0 Å². The van der Waals surface area contributed by atoms with Gasteiger partial charge >= 0.3 is 11.6 Å². The predicted molar refractivity (Wildman–Crippen MR) is 114 cm³/mol. The summed E-state index contributed by atoms with van der Waals surface area (Å²) in [6, 6.07) is 8.36. The molecular weight excluding hydrogens is 410 g/mol.